The average molecular weight is 302 g/mol. The van der Waals surface area contributed by atoms with Gasteiger partial charge in [0, 0.05) is 14.1 Å². The maximum atomic E-state index is 13.0. The van der Waals surface area contributed by atoms with Gasteiger partial charge in [-0.3, -0.25) is 13.9 Å². The second-order valence-electron chi connectivity index (χ2n) is 5.26. The molecule has 0 fully saturated rings. The predicted molar refractivity (Wildman–Crippen MR) is 80.4 cm³/mol. The van der Waals surface area contributed by atoms with Crippen LogP contribution in [0, 0.1) is 5.82 Å². The normalized spacial score (nSPS) is 12.7. The Morgan fingerprint density at radius 3 is 2.36 bits per heavy atom. The van der Waals surface area contributed by atoms with E-state index in [1.807, 2.05) is 6.92 Å². The molecule has 0 saturated carbocycles. The van der Waals surface area contributed by atoms with Gasteiger partial charge >= 0.3 is 5.69 Å². The summed E-state index contributed by atoms with van der Waals surface area (Å²) in [6.07, 6.45) is 1.53. The highest BCUT2D eigenvalue weighted by Gasteiger charge is 2.18. The number of nitrogens with zero attached hydrogens (tertiary/aromatic N) is 4. The third kappa shape index (κ3) is 1.97. The van der Waals surface area contributed by atoms with E-state index in [4.69, 9.17) is 0 Å². The molecule has 0 aliphatic heterocycles. The van der Waals surface area contributed by atoms with Gasteiger partial charge in [0.05, 0.1) is 12.4 Å². The molecule has 0 aliphatic carbocycles. The predicted octanol–water partition coefficient (Wildman–Crippen LogP) is 1.18. The first-order valence-corrected chi connectivity index (χ1v) is 6.80. The number of aromatic nitrogens is 4. The van der Waals surface area contributed by atoms with Gasteiger partial charge < -0.3 is 4.57 Å². The Labute approximate surface area is 125 Å². The lowest BCUT2D eigenvalue weighted by Crippen LogP contribution is -2.37. The van der Waals surface area contributed by atoms with Gasteiger partial charge in [0.1, 0.15) is 5.82 Å². The van der Waals surface area contributed by atoms with Gasteiger partial charge in [-0.15, -0.1) is 0 Å². The summed E-state index contributed by atoms with van der Waals surface area (Å²) in [5.74, 6) is -0.315. The van der Waals surface area contributed by atoms with Crippen LogP contribution in [0.25, 0.3) is 11.2 Å². The van der Waals surface area contributed by atoms with Crippen molar-refractivity contribution in [3.63, 3.8) is 0 Å². The number of halogens is 1. The summed E-state index contributed by atoms with van der Waals surface area (Å²) in [5.41, 5.74) is 0.710. The minimum absolute atomic E-state index is 0.212. The van der Waals surface area contributed by atoms with Crippen molar-refractivity contribution in [2.24, 2.45) is 14.1 Å². The molecule has 0 aliphatic rings. The highest BCUT2D eigenvalue weighted by Crippen LogP contribution is 2.21. The molecule has 0 radical (unpaired) electrons. The van der Waals surface area contributed by atoms with Crippen molar-refractivity contribution in [1.29, 1.82) is 0 Å². The van der Waals surface area contributed by atoms with Crippen LogP contribution in [-0.4, -0.2) is 18.7 Å². The molecule has 1 aromatic carbocycles. The van der Waals surface area contributed by atoms with E-state index in [1.54, 1.807) is 23.7 Å². The summed E-state index contributed by atoms with van der Waals surface area (Å²) in [6, 6.07) is 5.87. The fourth-order valence-electron chi connectivity index (χ4n) is 2.56. The summed E-state index contributed by atoms with van der Waals surface area (Å²) >= 11 is 0. The minimum atomic E-state index is -0.419. The molecule has 0 amide bonds. The molecule has 114 valence electrons. The first-order valence-electron chi connectivity index (χ1n) is 6.80. The minimum Gasteiger partial charge on any atom is -0.317 e. The highest BCUT2D eigenvalue weighted by atomic mass is 19.1. The van der Waals surface area contributed by atoms with Gasteiger partial charge in [0.2, 0.25) is 0 Å². The topological polar surface area (TPSA) is 61.8 Å². The SMILES string of the molecule is C[C@@H](c1ccc(F)cc1)n1cnc2c1c(=O)n(C)c(=O)n2C. The molecule has 0 spiro atoms. The molecule has 3 aromatic rings. The number of imidazole rings is 1. The Morgan fingerprint density at radius 1 is 1.09 bits per heavy atom. The third-order valence-corrected chi connectivity index (χ3v) is 3.94. The van der Waals surface area contributed by atoms with E-state index in [9.17, 15) is 14.0 Å². The first kappa shape index (κ1) is 14.2. The number of fused-ring (bicyclic) bond motifs is 1. The van der Waals surface area contributed by atoms with Gasteiger partial charge in [0.25, 0.3) is 5.56 Å². The summed E-state index contributed by atoms with van der Waals surface area (Å²) < 4.78 is 17.1. The van der Waals surface area contributed by atoms with E-state index >= 15 is 0 Å². The molecule has 3 rings (SSSR count). The van der Waals surface area contributed by atoms with Gasteiger partial charge in [-0.2, -0.15) is 0 Å². The number of hydrogen-bond acceptors (Lipinski definition) is 3. The summed E-state index contributed by atoms with van der Waals surface area (Å²) in [7, 11) is 3.01. The number of benzene rings is 1. The van der Waals surface area contributed by atoms with Gasteiger partial charge in [-0.05, 0) is 24.6 Å². The van der Waals surface area contributed by atoms with Crippen molar-refractivity contribution >= 4 is 11.2 Å². The number of aryl methyl sites for hydroxylation is 1. The lowest BCUT2D eigenvalue weighted by molar-refractivity contribution is 0.618. The molecule has 2 heterocycles. The van der Waals surface area contributed by atoms with Crippen molar-refractivity contribution in [1.82, 2.24) is 18.7 Å². The van der Waals surface area contributed by atoms with Gasteiger partial charge in [0.15, 0.2) is 11.2 Å². The molecule has 0 N–H and O–H groups in total. The first-order chi connectivity index (χ1) is 10.4. The van der Waals surface area contributed by atoms with Crippen LogP contribution in [0.15, 0.2) is 40.2 Å². The van der Waals surface area contributed by atoms with Crippen LogP contribution >= 0.6 is 0 Å². The summed E-state index contributed by atoms with van der Waals surface area (Å²) in [6.45, 7) is 1.89. The molecule has 0 bridgehead atoms. The van der Waals surface area contributed by atoms with Crippen molar-refractivity contribution in [2.45, 2.75) is 13.0 Å². The summed E-state index contributed by atoms with van der Waals surface area (Å²) in [5, 5.41) is 0. The van der Waals surface area contributed by atoms with E-state index in [0.29, 0.717) is 11.2 Å². The number of rotatable bonds is 2. The molecule has 22 heavy (non-hydrogen) atoms. The van der Waals surface area contributed by atoms with Crippen LogP contribution in [0.4, 0.5) is 4.39 Å². The molecule has 7 heteroatoms. The smallest absolute Gasteiger partial charge is 0.317 e. The van der Waals surface area contributed by atoms with Crippen LogP contribution in [0.5, 0.6) is 0 Å². The lowest BCUT2D eigenvalue weighted by Gasteiger charge is -2.15. The van der Waals surface area contributed by atoms with Crippen molar-refractivity contribution in [3.8, 4) is 0 Å². The Morgan fingerprint density at radius 2 is 1.73 bits per heavy atom. The van der Waals surface area contributed by atoms with Crippen molar-refractivity contribution in [2.75, 3.05) is 0 Å². The maximum absolute atomic E-state index is 13.0. The Bertz CT molecular complexity index is 966. The molecule has 0 unspecified atom stereocenters. The molecule has 0 saturated heterocycles. The average Bonchev–Trinajstić information content (AvgIpc) is 2.96. The standard InChI is InChI=1S/C15H15FN4O2/c1-9(10-4-6-11(16)7-5-10)20-8-17-13-12(20)14(21)19(3)15(22)18(13)2/h4-9H,1-3H3/t9-/m0/s1. The Kier molecular flexibility index (Phi) is 3.20. The van der Waals surface area contributed by atoms with Crippen LogP contribution in [-0.2, 0) is 14.1 Å². The molecule has 6 nitrogen and oxygen atoms in total. The largest absolute Gasteiger partial charge is 0.332 e. The maximum Gasteiger partial charge on any atom is 0.332 e. The quantitative estimate of drug-likeness (QED) is 0.714. The van der Waals surface area contributed by atoms with E-state index < -0.39 is 11.2 Å². The molecular formula is C15H15FN4O2. The highest BCUT2D eigenvalue weighted by molar-refractivity contribution is 5.70. The monoisotopic (exact) mass is 302 g/mol. The van der Waals surface area contributed by atoms with E-state index in [2.05, 4.69) is 4.98 Å². The van der Waals surface area contributed by atoms with Crippen molar-refractivity contribution < 1.29 is 4.39 Å². The Balaban J connectivity index is 2.26. The fraction of sp³-hybridized carbons (Fsp3) is 0.267. The number of hydrogen-bond donors (Lipinski definition) is 0. The van der Waals surface area contributed by atoms with Crippen LogP contribution in [0.3, 0.4) is 0 Å². The van der Waals surface area contributed by atoms with E-state index in [1.165, 1.54) is 30.1 Å². The second-order valence-corrected chi connectivity index (χ2v) is 5.26. The van der Waals surface area contributed by atoms with Crippen LogP contribution in [0.2, 0.25) is 0 Å². The second kappa shape index (κ2) is 4.94. The van der Waals surface area contributed by atoms with E-state index in [0.717, 1.165) is 10.1 Å². The molecular weight excluding hydrogens is 287 g/mol. The zero-order chi connectivity index (χ0) is 16.0. The lowest BCUT2D eigenvalue weighted by atomic mass is 10.1. The van der Waals surface area contributed by atoms with Crippen LogP contribution < -0.4 is 11.2 Å². The van der Waals surface area contributed by atoms with E-state index in [-0.39, 0.29) is 11.9 Å². The van der Waals surface area contributed by atoms with Crippen LogP contribution in [0.1, 0.15) is 18.5 Å². The van der Waals surface area contributed by atoms with Gasteiger partial charge in [-0.1, -0.05) is 12.1 Å². The molecule has 1 atom stereocenters. The zero-order valence-corrected chi connectivity index (χ0v) is 12.4. The Hall–Kier alpha value is -2.70. The molecule has 2 aromatic heterocycles. The summed E-state index contributed by atoms with van der Waals surface area (Å²) in [4.78, 5) is 28.5. The fourth-order valence-corrected chi connectivity index (χ4v) is 2.56. The zero-order valence-electron chi connectivity index (χ0n) is 12.4. The van der Waals surface area contributed by atoms with Crippen molar-refractivity contribution in [3.05, 3.63) is 62.8 Å². The van der Waals surface area contributed by atoms with Gasteiger partial charge in [-0.25, -0.2) is 14.2 Å². The third-order valence-electron chi connectivity index (χ3n) is 3.94.